The molecule has 2 aliphatic heterocycles. The van der Waals surface area contributed by atoms with Gasteiger partial charge in [0.1, 0.15) is 11.2 Å². The number of aromatic nitrogens is 1. The van der Waals surface area contributed by atoms with Gasteiger partial charge in [-0.3, -0.25) is 19.7 Å². The Bertz CT molecular complexity index is 1710. The maximum atomic E-state index is 13.4. The third-order valence-electron chi connectivity index (χ3n) is 7.64. The Balaban J connectivity index is 1.30. The van der Waals surface area contributed by atoms with Crippen molar-refractivity contribution in [2.75, 3.05) is 13.1 Å². The van der Waals surface area contributed by atoms with E-state index in [0.717, 1.165) is 22.8 Å². The van der Waals surface area contributed by atoms with Crippen molar-refractivity contribution in [2.45, 2.75) is 39.2 Å². The number of aryl methyl sites for hydroxylation is 2. The van der Waals surface area contributed by atoms with Crippen molar-refractivity contribution >= 4 is 33.5 Å². The third kappa shape index (κ3) is 3.35. The van der Waals surface area contributed by atoms with E-state index in [1.807, 2.05) is 19.9 Å². The van der Waals surface area contributed by atoms with Crippen molar-refractivity contribution in [1.82, 2.24) is 9.47 Å². The zero-order valence-corrected chi connectivity index (χ0v) is 19.8. The molecule has 10 nitrogen and oxygen atoms in total. The van der Waals surface area contributed by atoms with Crippen LogP contribution < -0.4 is 11.2 Å². The first-order valence-corrected chi connectivity index (χ1v) is 11.8. The summed E-state index contributed by atoms with van der Waals surface area (Å²) in [6.45, 7) is 4.90. The number of hydrogen-bond acceptors (Lipinski definition) is 7. The molecule has 6 rings (SSSR count). The van der Waals surface area contributed by atoms with E-state index in [0.29, 0.717) is 47.6 Å². The molecule has 1 amide bonds. The summed E-state index contributed by atoms with van der Waals surface area (Å²) in [5.41, 5.74) is 2.19. The van der Waals surface area contributed by atoms with E-state index >= 15 is 0 Å². The lowest BCUT2D eigenvalue weighted by Crippen LogP contribution is -2.49. The van der Waals surface area contributed by atoms with Gasteiger partial charge in [-0.2, -0.15) is 0 Å². The maximum Gasteiger partial charge on any atom is 0.340 e. The molecule has 0 aliphatic carbocycles. The molecule has 1 saturated heterocycles. The van der Waals surface area contributed by atoms with E-state index in [-0.39, 0.29) is 24.2 Å². The van der Waals surface area contributed by atoms with Crippen LogP contribution in [0.1, 0.15) is 34.7 Å². The van der Waals surface area contributed by atoms with E-state index in [4.69, 9.17) is 8.83 Å². The Morgan fingerprint density at radius 1 is 1.11 bits per heavy atom. The first kappa shape index (κ1) is 22.3. The van der Waals surface area contributed by atoms with Gasteiger partial charge < -0.3 is 18.3 Å². The number of fused-ring (bicyclic) bond motifs is 6. The molecule has 184 valence electrons. The first-order chi connectivity index (χ1) is 17.2. The summed E-state index contributed by atoms with van der Waals surface area (Å²) >= 11 is 0. The van der Waals surface area contributed by atoms with Crippen LogP contribution in [0.3, 0.4) is 0 Å². The Kier molecular flexibility index (Phi) is 4.89. The number of likely N-dealkylation sites (tertiary alicyclic amines) is 1. The number of piperidine rings is 1. The third-order valence-corrected chi connectivity index (χ3v) is 7.64. The fourth-order valence-corrected chi connectivity index (χ4v) is 5.78. The number of hydrogen-bond donors (Lipinski definition) is 0. The zero-order chi connectivity index (χ0) is 25.3. The molecule has 2 aliphatic rings. The number of furan rings is 1. The number of carbonyl (C=O) groups is 1. The average molecular weight is 489 g/mol. The largest absolute Gasteiger partial charge is 0.464 e. The topological polar surface area (TPSA) is 129 Å². The highest BCUT2D eigenvalue weighted by Crippen LogP contribution is 2.36. The molecule has 4 aromatic rings. The van der Waals surface area contributed by atoms with Gasteiger partial charge in [-0.1, -0.05) is 0 Å². The molecule has 5 heterocycles. The van der Waals surface area contributed by atoms with Gasteiger partial charge in [-0.15, -0.1) is 0 Å². The molecule has 2 atom stereocenters. The molecular formula is C26H23N3O7. The number of nitrogens with zero attached hydrogens (tertiary/aromatic N) is 3. The molecule has 0 N–H and O–H groups in total. The van der Waals surface area contributed by atoms with Crippen LogP contribution in [0.2, 0.25) is 0 Å². The van der Waals surface area contributed by atoms with E-state index in [1.54, 1.807) is 23.3 Å². The summed E-state index contributed by atoms with van der Waals surface area (Å²) in [6.07, 6.45) is 2.37. The van der Waals surface area contributed by atoms with E-state index < -0.39 is 21.8 Å². The summed E-state index contributed by atoms with van der Waals surface area (Å²) in [5, 5.41) is 12.9. The van der Waals surface area contributed by atoms with Crippen LogP contribution in [0.4, 0.5) is 5.69 Å². The van der Waals surface area contributed by atoms with Gasteiger partial charge in [0.05, 0.1) is 23.2 Å². The fraction of sp³-hybridized carbons (Fsp3) is 0.346. The van der Waals surface area contributed by atoms with Gasteiger partial charge in [0.25, 0.3) is 0 Å². The minimum absolute atomic E-state index is 0.00589. The Labute approximate surface area is 203 Å². The Morgan fingerprint density at radius 2 is 1.92 bits per heavy atom. The van der Waals surface area contributed by atoms with E-state index in [9.17, 15) is 24.5 Å². The van der Waals surface area contributed by atoms with Crippen LogP contribution in [0.25, 0.3) is 21.9 Å². The molecule has 10 heteroatoms. The summed E-state index contributed by atoms with van der Waals surface area (Å²) in [7, 11) is 0. The number of nitro groups is 1. The van der Waals surface area contributed by atoms with E-state index in [2.05, 4.69) is 0 Å². The van der Waals surface area contributed by atoms with Crippen LogP contribution in [0.5, 0.6) is 0 Å². The number of carbonyl (C=O) groups excluding carboxylic acids is 1. The fourth-order valence-electron chi connectivity index (χ4n) is 5.78. The molecule has 36 heavy (non-hydrogen) atoms. The average Bonchev–Trinajstić information content (AvgIpc) is 3.20. The second-order valence-electron chi connectivity index (χ2n) is 9.85. The smallest absolute Gasteiger partial charge is 0.340 e. The van der Waals surface area contributed by atoms with Gasteiger partial charge in [0.2, 0.25) is 5.91 Å². The van der Waals surface area contributed by atoms with E-state index in [1.165, 1.54) is 10.6 Å². The molecule has 0 spiro atoms. The summed E-state index contributed by atoms with van der Waals surface area (Å²) < 4.78 is 12.6. The standard InChI is InChI=1S/C26H23N3O7/c1-13-12-35-22-8-23-18(6-17(13)22)14(2)19(26(32)36-23)7-24(30)27-9-15-5-16(11-27)20-3-4-21(29(33)34)25(31)28(20)10-15/h3-4,6,8,12,15-16H,5,7,9-11H2,1-2H3/t15-,16+/m1/s1. The molecule has 2 bridgehead atoms. The van der Waals surface area contributed by atoms with Gasteiger partial charge in [0, 0.05) is 54.2 Å². The minimum Gasteiger partial charge on any atom is -0.464 e. The van der Waals surface area contributed by atoms with Crippen LogP contribution in [-0.2, 0) is 17.8 Å². The van der Waals surface area contributed by atoms with Crippen LogP contribution in [0.15, 0.2) is 49.0 Å². The number of pyridine rings is 1. The van der Waals surface area contributed by atoms with Gasteiger partial charge in [-0.05, 0) is 49.4 Å². The lowest BCUT2D eigenvalue weighted by Gasteiger charge is -2.42. The van der Waals surface area contributed by atoms with Crippen molar-refractivity contribution in [3.63, 3.8) is 0 Å². The van der Waals surface area contributed by atoms with Crippen molar-refractivity contribution < 1.29 is 18.6 Å². The van der Waals surface area contributed by atoms with Crippen LogP contribution in [-0.4, -0.2) is 33.4 Å². The normalized spacial score (nSPS) is 19.0. The minimum atomic E-state index is -0.661. The monoisotopic (exact) mass is 489 g/mol. The lowest BCUT2D eigenvalue weighted by molar-refractivity contribution is -0.386. The molecule has 0 saturated carbocycles. The lowest BCUT2D eigenvalue weighted by atomic mass is 9.83. The molecule has 3 aromatic heterocycles. The number of rotatable bonds is 3. The molecule has 1 fully saturated rings. The quantitative estimate of drug-likeness (QED) is 0.245. The molecule has 1 aromatic carbocycles. The maximum absolute atomic E-state index is 13.4. The van der Waals surface area contributed by atoms with Gasteiger partial charge >= 0.3 is 16.9 Å². The molecule has 0 radical (unpaired) electrons. The molecule has 0 unspecified atom stereocenters. The van der Waals surface area contributed by atoms with Crippen molar-refractivity contribution in [1.29, 1.82) is 0 Å². The SMILES string of the molecule is Cc1coc2cc3oc(=O)c(CC(=O)N4C[C@H]5C[C@@H](C4)c4ccc([N+](=O)[O-])c(=O)n4C5)c(C)c3cc12. The predicted octanol–water partition coefficient (Wildman–Crippen LogP) is 3.41. The summed E-state index contributed by atoms with van der Waals surface area (Å²) in [4.78, 5) is 51.0. The van der Waals surface area contributed by atoms with Crippen molar-refractivity contribution in [3.05, 3.63) is 83.8 Å². The highest BCUT2D eigenvalue weighted by Gasteiger charge is 2.37. The van der Waals surface area contributed by atoms with Gasteiger partial charge in [-0.25, -0.2) is 4.79 Å². The Morgan fingerprint density at radius 3 is 2.69 bits per heavy atom. The predicted molar refractivity (Wildman–Crippen MR) is 130 cm³/mol. The first-order valence-electron chi connectivity index (χ1n) is 11.8. The van der Waals surface area contributed by atoms with Gasteiger partial charge in [0.15, 0.2) is 0 Å². The van der Waals surface area contributed by atoms with Crippen molar-refractivity contribution in [3.8, 4) is 0 Å². The Hall–Kier alpha value is -4.21. The summed E-state index contributed by atoms with van der Waals surface area (Å²) in [6, 6.07) is 6.49. The number of amides is 1. The highest BCUT2D eigenvalue weighted by atomic mass is 16.6. The summed E-state index contributed by atoms with van der Waals surface area (Å²) in [5.74, 6) is -0.273. The van der Waals surface area contributed by atoms with Crippen LogP contribution >= 0.6 is 0 Å². The second kappa shape index (κ2) is 7.91. The highest BCUT2D eigenvalue weighted by molar-refractivity contribution is 5.96. The zero-order valence-electron chi connectivity index (χ0n) is 19.8. The molecular weight excluding hydrogens is 466 g/mol. The van der Waals surface area contributed by atoms with Crippen LogP contribution in [0, 0.1) is 29.9 Å². The van der Waals surface area contributed by atoms with Crippen molar-refractivity contribution in [2.24, 2.45) is 5.92 Å². The second-order valence-corrected chi connectivity index (χ2v) is 9.85. The number of benzene rings is 1.